The molecule has 0 spiro atoms. The summed E-state index contributed by atoms with van der Waals surface area (Å²) in [4.78, 5) is 12.6. The van der Waals surface area contributed by atoms with Gasteiger partial charge in [0, 0.05) is 7.11 Å². The van der Waals surface area contributed by atoms with Gasteiger partial charge in [0.05, 0.1) is 6.10 Å². The van der Waals surface area contributed by atoms with Gasteiger partial charge in [-0.2, -0.15) is 0 Å². The number of hydrogen-bond acceptors (Lipinski definition) is 6. The molecule has 1 rings (SSSR count). The number of hydrogen-bond donors (Lipinski definition) is 0. The molecule has 1 unspecified atom stereocenters. The van der Waals surface area contributed by atoms with E-state index >= 15 is 0 Å². The molecule has 6 nitrogen and oxygen atoms in total. The molecule has 0 bridgehead atoms. The molecule has 1 aliphatic rings. The zero-order chi connectivity index (χ0) is 20.3. The van der Waals surface area contributed by atoms with Crippen molar-refractivity contribution < 1.29 is 28.5 Å². The van der Waals surface area contributed by atoms with Gasteiger partial charge in [-0.15, -0.1) is 13.2 Å². The van der Waals surface area contributed by atoms with Crippen LogP contribution >= 0.6 is 0 Å². The molecular weight excluding hydrogens is 348 g/mol. The highest BCUT2D eigenvalue weighted by Gasteiger charge is 2.45. The molecule has 27 heavy (non-hydrogen) atoms. The van der Waals surface area contributed by atoms with E-state index in [0.717, 1.165) is 38.5 Å². The van der Waals surface area contributed by atoms with Crippen LogP contribution in [0, 0.1) is 0 Å². The maximum Gasteiger partial charge on any atom is 0.338 e. The summed E-state index contributed by atoms with van der Waals surface area (Å²) in [6.07, 6.45) is 7.76. The van der Waals surface area contributed by atoms with E-state index in [1.54, 1.807) is 27.0 Å². The molecular formula is C21H36O6. The SMILES string of the molecule is C=CCCCCCC[C@@H](OCOC)C(C)OC(=O)[C@@H]1OC(C)(C)O[C@@H]1C=C. The van der Waals surface area contributed by atoms with Crippen LogP contribution in [0.4, 0.5) is 0 Å². The largest absolute Gasteiger partial charge is 0.458 e. The van der Waals surface area contributed by atoms with Gasteiger partial charge in [0.1, 0.15) is 19.0 Å². The third-order valence-electron chi connectivity index (χ3n) is 4.47. The third kappa shape index (κ3) is 8.56. The normalized spacial score (nSPS) is 23.6. The minimum absolute atomic E-state index is 0.161. The Balaban J connectivity index is 2.53. The van der Waals surface area contributed by atoms with E-state index in [4.69, 9.17) is 23.7 Å². The van der Waals surface area contributed by atoms with Gasteiger partial charge >= 0.3 is 5.97 Å². The van der Waals surface area contributed by atoms with Crippen LogP contribution in [0.2, 0.25) is 0 Å². The van der Waals surface area contributed by atoms with Crippen LogP contribution in [0.15, 0.2) is 25.3 Å². The lowest BCUT2D eigenvalue weighted by Gasteiger charge is -2.25. The maximum absolute atomic E-state index is 12.6. The number of methoxy groups -OCH3 is 1. The van der Waals surface area contributed by atoms with Gasteiger partial charge < -0.3 is 23.7 Å². The third-order valence-corrected chi connectivity index (χ3v) is 4.47. The molecule has 1 saturated heterocycles. The molecule has 0 amide bonds. The van der Waals surface area contributed by atoms with Crippen molar-refractivity contribution in [3.63, 3.8) is 0 Å². The number of ether oxygens (including phenoxy) is 5. The average Bonchev–Trinajstić information content (AvgIpc) is 2.95. The Morgan fingerprint density at radius 3 is 2.52 bits per heavy atom. The summed E-state index contributed by atoms with van der Waals surface area (Å²) in [7, 11) is 1.57. The predicted molar refractivity (Wildman–Crippen MR) is 104 cm³/mol. The van der Waals surface area contributed by atoms with Crippen molar-refractivity contribution in [2.75, 3.05) is 13.9 Å². The second kappa shape index (κ2) is 12.3. The standard InChI is InChI=1S/C21H36O6/c1-7-9-10-11-12-13-14-18(24-15-23-6)16(3)25-20(22)19-17(8-2)26-21(4,5)27-19/h7-8,16-19H,1-2,9-15H2,3-6H3/t16?,17-,18-,19-/m1/s1. The lowest BCUT2D eigenvalue weighted by molar-refractivity contribution is -0.183. The van der Waals surface area contributed by atoms with E-state index in [2.05, 4.69) is 13.2 Å². The molecule has 1 aliphatic heterocycles. The van der Waals surface area contributed by atoms with Gasteiger partial charge in [-0.05, 0) is 40.0 Å². The van der Waals surface area contributed by atoms with Crippen LogP contribution in [0.25, 0.3) is 0 Å². The van der Waals surface area contributed by atoms with Crippen LogP contribution < -0.4 is 0 Å². The van der Waals surface area contributed by atoms with Gasteiger partial charge in [0.2, 0.25) is 0 Å². The van der Waals surface area contributed by atoms with Crippen molar-refractivity contribution in [2.45, 2.75) is 89.5 Å². The Labute approximate surface area is 163 Å². The first-order chi connectivity index (χ1) is 12.8. The number of rotatable bonds is 14. The van der Waals surface area contributed by atoms with Crippen LogP contribution in [0.5, 0.6) is 0 Å². The zero-order valence-corrected chi connectivity index (χ0v) is 17.3. The van der Waals surface area contributed by atoms with Gasteiger partial charge in [0.15, 0.2) is 11.9 Å². The Morgan fingerprint density at radius 2 is 1.89 bits per heavy atom. The van der Waals surface area contributed by atoms with Crippen molar-refractivity contribution in [3.8, 4) is 0 Å². The van der Waals surface area contributed by atoms with E-state index in [1.807, 2.05) is 13.0 Å². The molecule has 0 aliphatic carbocycles. The summed E-state index contributed by atoms with van der Waals surface area (Å²) in [5, 5.41) is 0. The Hall–Kier alpha value is -1.21. The van der Waals surface area contributed by atoms with E-state index in [1.165, 1.54) is 0 Å². The van der Waals surface area contributed by atoms with E-state index < -0.39 is 30.1 Å². The molecule has 0 N–H and O–H groups in total. The summed E-state index contributed by atoms with van der Waals surface area (Å²) in [6.45, 7) is 13.0. The first-order valence-corrected chi connectivity index (χ1v) is 9.74. The molecule has 1 fully saturated rings. The highest BCUT2D eigenvalue weighted by atomic mass is 16.8. The number of unbranched alkanes of at least 4 members (excludes halogenated alkanes) is 4. The Bertz CT molecular complexity index is 462. The van der Waals surface area contributed by atoms with Gasteiger partial charge in [-0.3, -0.25) is 0 Å². The smallest absolute Gasteiger partial charge is 0.338 e. The number of allylic oxidation sites excluding steroid dienone is 1. The summed E-state index contributed by atoms with van der Waals surface area (Å²) >= 11 is 0. The average molecular weight is 385 g/mol. The van der Waals surface area contributed by atoms with Crippen LogP contribution in [-0.2, 0) is 28.5 Å². The van der Waals surface area contributed by atoms with Crippen molar-refractivity contribution in [3.05, 3.63) is 25.3 Å². The minimum Gasteiger partial charge on any atom is -0.458 e. The van der Waals surface area contributed by atoms with Crippen molar-refractivity contribution in [1.82, 2.24) is 0 Å². The molecule has 156 valence electrons. The topological polar surface area (TPSA) is 63.2 Å². The molecule has 1 heterocycles. The fourth-order valence-corrected chi connectivity index (χ4v) is 3.07. The monoisotopic (exact) mass is 384 g/mol. The summed E-state index contributed by atoms with van der Waals surface area (Å²) in [5.41, 5.74) is 0. The second-order valence-electron chi connectivity index (χ2n) is 7.29. The number of carbonyl (C=O) groups is 1. The van der Waals surface area contributed by atoms with Crippen LogP contribution in [0.1, 0.15) is 59.3 Å². The fraction of sp³-hybridized carbons (Fsp3) is 0.762. The van der Waals surface area contributed by atoms with Crippen molar-refractivity contribution in [1.29, 1.82) is 0 Å². The first-order valence-electron chi connectivity index (χ1n) is 9.74. The lowest BCUT2D eigenvalue weighted by Crippen LogP contribution is -2.38. The predicted octanol–water partition coefficient (Wildman–Crippen LogP) is 4.14. The summed E-state index contributed by atoms with van der Waals surface area (Å²) < 4.78 is 27.7. The van der Waals surface area contributed by atoms with Crippen molar-refractivity contribution >= 4 is 5.97 Å². The van der Waals surface area contributed by atoms with Crippen molar-refractivity contribution in [2.24, 2.45) is 0 Å². The van der Waals surface area contributed by atoms with Gasteiger partial charge in [0.25, 0.3) is 0 Å². The highest BCUT2D eigenvalue weighted by molar-refractivity contribution is 5.76. The Morgan fingerprint density at radius 1 is 1.19 bits per heavy atom. The van der Waals surface area contributed by atoms with Gasteiger partial charge in [-0.1, -0.05) is 31.4 Å². The van der Waals surface area contributed by atoms with E-state index in [0.29, 0.717) is 0 Å². The van der Waals surface area contributed by atoms with E-state index in [9.17, 15) is 4.79 Å². The first kappa shape index (κ1) is 23.8. The van der Waals surface area contributed by atoms with E-state index in [-0.39, 0.29) is 12.9 Å². The minimum atomic E-state index is -0.844. The lowest BCUT2D eigenvalue weighted by atomic mass is 10.0. The maximum atomic E-state index is 12.6. The fourth-order valence-electron chi connectivity index (χ4n) is 3.07. The number of carbonyl (C=O) groups excluding carboxylic acids is 1. The second-order valence-corrected chi connectivity index (χ2v) is 7.29. The molecule has 0 radical (unpaired) electrons. The highest BCUT2D eigenvalue weighted by Crippen LogP contribution is 2.30. The summed E-state index contributed by atoms with van der Waals surface area (Å²) in [5.74, 6) is -1.31. The van der Waals surface area contributed by atoms with Crippen LogP contribution in [0.3, 0.4) is 0 Å². The van der Waals surface area contributed by atoms with Gasteiger partial charge in [-0.25, -0.2) is 4.79 Å². The quantitative estimate of drug-likeness (QED) is 0.194. The summed E-state index contributed by atoms with van der Waals surface area (Å²) in [6, 6.07) is 0. The molecule has 0 aromatic heterocycles. The molecule has 0 aromatic carbocycles. The van der Waals surface area contributed by atoms with Crippen LogP contribution in [-0.4, -0.2) is 50.1 Å². The molecule has 4 atom stereocenters. The number of esters is 1. The Kier molecular flexibility index (Phi) is 10.8. The molecule has 0 saturated carbocycles. The molecule has 0 aromatic rings. The molecule has 6 heteroatoms. The zero-order valence-electron chi connectivity index (χ0n) is 17.3.